The summed E-state index contributed by atoms with van der Waals surface area (Å²) in [6.45, 7) is 0. The summed E-state index contributed by atoms with van der Waals surface area (Å²) in [5.74, 6) is -0.0467. The van der Waals surface area contributed by atoms with E-state index in [4.69, 9.17) is 39.2 Å². The molecule has 0 saturated carbocycles. The molecule has 0 aliphatic carbocycles. The molecule has 1 aromatic heterocycles. The van der Waals surface area contributed by atoms with Crippen molar-refractivity contribution in [1.82, 2.24) is 4.98 Å². The molecule has 2 aromatic carbocycles. The van der Waals surface area contributed by atoms with Gasteiger partial charge in [0.05, 0.1) is 15.8 Å². The summed E-state index contributed by atoms with van der Waals surface area (Å²) in [5, 5.41) is 4.54. The Labute approximate surface area is 151 Å². The minimum atomic E-state index is -0.200. The van der Waals surface area contributed by atoms with Gasteiger partial charge in [-0.1, -0.05) is 46.6 Å². The Bertz CT molecular complexity index is 882. The molecule has 1 N–H and O–H groups in total. The minimum Gasteiger partial charge on any atom is -0.431 e. The molecule has 0 aliphatic rings. The van der Waals surface area contributed by atoms with Gasteiger partial charge >= 0.3 is 0 Å². The molecule has 0 radical (unpaired) electrons. The Morgan fingerprint density at radius 1 is 1.13 bits per heavy atom. The molecule has 0 fully saturated rings. The molecule has 0 saturated heterocycles. The van der Waals surface area contributed by atoms with Crippen LogP contribution in [0.1, 0.15) is 0 Å². The van der Waals surface area contributed by atoms with Crippen LogP contribution in [0.5, 0.6) is 0 Å². The summed E-state index contributed by atoms with van der Waals surface area (Å²) in [6.07, 6.45) is 0. The number of carbonyl (C=O) groups excluding carboxylic acids is 1. The van der Waals surface area contributed by atoms with E-state index in [-0.39, 0.29) is 11.7 Å². The van der Waals surface area contributed by atoms with E-state index >= 15 is 0 Å². The monoisotopic (exact) mass is 386 g/mol. The third-order valence-electron chi connectivity index (χ3n) is 2.86. The second-order valence-corrected chi connectivity index (χ2v) is 6.73. The molecule has 118 valence electrons. The first kappa shape index (κ1) is 16.5. The second-order valence-electron chi connectivity index (χ2n) is 4.56. The molecule has 3 rings (SSSR count). The number of amides is 1. The molecule has 0 unspecified atom stereocenters. The topological polar surface area (TPSA) is 55.1 Å². The molecular weight excluding hydrogens is 379 g/mol. The van der Waals surface area contributed by atoms with E-state index in [0.29, 0.717) is 37.1 Å². The van der Waals surface area contributed by atoms with Crippen LogP contribution in [0.4, 0.5) is 5.69 Å². The highest BCUT2D eigenvalue weighted by molar-refractivity contribution is 7.99. The number of nitrogens with zero attached hydrogens (tertiary/aromatic N) is 1. The van der Waals surface area contributed by atoms with Crippen LogP contribution < -0.4 is 5.32 Å². The van der Waals surface area contributed by atoms with Crippen molar-refractivity contribution in [2.75, 3.05) is 11.1 Å². The second kappa shape index (κ2) is 7.01. The summed E-state index contributed by atoms with van der Waals surface area (Å²) in [7, 11) is 0. The van der Waals surface area contributed by atoms with Gasteiger partial charge in [0, 0.05) is 10.7 Å². The fourth-order valence-electron chi connectivity index (χ4n) is 1.84. The Balaban J connectivity index is 1.62. The van der Waals surface area contributed by atoms with Gasteiger partial charge in [0.1, 0.15) is 5.52 Å². The van der Waals surface area contributed by atoms with Gasteiger partial charge < -0.3 is 9.73 Å². The number of fused-ring (bicyclic) bond motifs is 1. The van der Waals surface area contributed by atoms with Crippen LogP contribution in [-0.2, 0) is 4.79 Å². The van der Waals surface area contributed by atoms with Crippen molar-refractivity contribution >= 4 is 69.3 Å². The Hall–Kier alpha value is -1.40. The van der Waals surface area contributed by atoms with Gasteiger partial charge in [0.25, 0.3) is 5.22 Å². The number of halogens is 3. The van der Waals surface area contributed by atoms with Gasteiger partial charge in [-0.2, -0.15) is 0 Å². The lowest BCUT2D eigenvalue weighted by Crippen LogP contribution is -2.13. The van der Waals surface area contributed by atoms with E-state index in [1.807, 2.05) is 0 Å². The van der Waals surface area contributed by atoms with Crippen molar-refractivity contribution < 1.29 is 9.21 Å². The van der Waals surface area contributed by atoms with Gasteiger partial charge in [-0.3, -0.25) is 4.79 Å². The highest BCUT2D eigenvalue weighted by Gasteiger charge is 2.10. The number of thioether (sulfide) groups is 1. The highest BCUT2D eigenvalue weighted by atomic mass is 35.5. The van der Waals surface area contributed by atoms with Crippen molar-refractivity contribution in [1.29, 1.82) is 0 Å². The average molecular weight is 388 g/mol. The lowest BCUT2D eigenvalue weighted by atomic mass is 10.3. The third kappa shape index (κ3) is 4.12. The maximum absolute atomic E-state index is 12.0. The third-order valence-corrected chi connectivity index (χ3v) is 4.66. The maximum atomic E-state index is 12.0. The van der Waals surface area contributed by atoms with Gasteiger partial charge in [0.15, 0.2) is 5.58 Å². The molecule has 1 amide bonds. The molecule has 4 nitrogen and oxygen atoms in total. The molecule has 3 aromatic rings. The van der Waals surface area contributed by atoms with Crippen LogP contribution in [-0.4, -0.2) is 16.6 Å². The first-order valence-electron chi connectivity index (χ1n) is 6.45. The SMILES string of the molecule is O=C(CSc1nc2cc(Cl)ccc2o1)Nc1ccc(Cl)c(Cl)c1. The van der Waals surface area contributed by atoms with Gasteiger partial charge in [0.2, 0.25) is 5.91 Å². The summed E-state index contributed by atoms with van der Waals surface area (Å²) < 4.78 is 5.53. The van der Waals surface area contributed by atoms with E-state index < -0.39 is 0 Å². The van der Waals surface area contributed by atoms with Crippen LogP contribution in [0.25, 0.3) is 11.1 Å². The molecule has 0 bridgehead atoms. The number of benzene rings is 2. The first-order valence-corrected chi connectivity index (χ1v) is 8.57. The molecule has 8 heteroatoms. The Morgan fingerprint density at radius 3 is 2.74 bits per heavy atom. The van der Waals surface area contributed by atoms with E-state index in [1.54, 1.807) is 36.4 Å². The number of hydrogen-bond acceptors (Lipinski definition) is 4. The van der Waals surface area contributed by atoms with Crippen LogP contribution in [0.3, 0.4) is 0 Å². The minimum absolute atomic E-state index is 0.154. The Kier molecular flexibility index (Phi) is 5.02. The smallest absolute Gasteiger partial charge is 0.257 e. The van der Waals surface area contributed by atoms with Crippen molar-refractivity contribution in [2.45, 2.75) is 5.22 Å². The summed E-state index contributed by atoms with van der Waals surface area (Å²) in [5.41, 5.74) is 1.86. The van der Waals surface area contributed by atoms with Crippen molar-refractivity contribution in [3.63, 3.8) is 0 Å². The fourth-order valence-corrected chi connectivity index (χ4v) is 2.94. The van der Waals surface area contributed by atoms with Crippen LogP contribution in [0.2, 0.25) is 15.1 Å². The maximum Gasteiger partial charge on any atom is 0.257 e. The van der Waals surface area contributed by atoms with Crippen LogP contribution in [0, 0.1) is 0 Å². The fraction of sp³-hybridized carbons (Fsp3) is 0.0667. The Morgan fingerprint density at radius 2 is 1.96 bits per heavy atom. The average Bonchev–Trinajstić information content (AvgIpc) is 2.91. The zero-order valence-corrected chi connectivity index (χ0v) is 14.6. The summed E-state index contributed by atoms with van der Waals surface area (Å²) in [6, 6.07) is 10.1. The largest absolute Gasteiger partial charge is 0.431 e. The molecule has 23 heavy (non-hydrogen) atoms. The number of aromatic nitrogens is 1. The van der Waals surface area contributed by atoms with Gasteiger partial charge in [-0.25, -0.2) is 4.98 Å². The summed E-state index contributed by atoms with van der Waals surface area (Å²) in [4.78, 5) is 16.2. The van der Waals surface area contributed by atoms with Crippen molar-refractivity contribution in [2.24, 2.45) is 0 Å². The number of nitrogens with one attached hydrogen (secondary N) is 1. The van der Waals surface area contributed by atoms with E-state index in [1.165, 1.54) is 11.8 Å². The number of oxazole rings is 1. The van der Waals surface area contributed by atoms with Crippen molar-refractivity contribution in [3.8, 4) is 0 Å². The predicted octanol–water partition coefficient (Wildman–Crippen LogP) is 5.52. The number of rotatable bonds is 4. The molecule has 1 heterocycles. The number of carbonyl (C=O) groups is 1. The predicted molar refractivity (Wildman–Crippen MR) is 94.8 cm³/mol. The zero-order valence-electron chi connectivity index (χ0n) is 11.5. The van der Waals surface area contributed by atoms with Crippen LogP contribution in [0.15, 0.2) is 46.0 Å². The van der Waals surface area contributed by atoms with Gasteiger partial charge in [-0.15, -0.1) is 0 Å². The quantitative estimate of drug-likeness (QED) is 0.599. The lowest BCUT2D eigenvalue weighted by Gasteiger charge is -2.05. The van der Waals surface area contributed by atoms with Crippen LogP contribution >= 0.6 is 46.6 Å². The molecular formula is C15H9Cl3N2O2S. The van der Waals surface area contributed by atoms with Gasteiger partial charge in [-0.05, 0) is 36.4 Å². The standard InChI is InChI=1S/C15H9Cl3N2O2S/c16-8-1-4-13-12(5-8)20-15(22-13)23-7-14(21)19-9-2-3-10(17)11(18)6-9/h1-6H,7H2,(H,19,21). The lowest BCUT2D eigenvalue weighted by molar-refractivity contribution is -0.113. The molecule has 0 aliphatic heterocycles. The summed E-state index contributed by atoms with van der Waals surface area (Å²) >= 11 is 18.8. The molecule has 0 atom stereocenters. The molecule has 0 spiro atoms. The van der Waals surface area contributed by atoms with E-state index in [2.05, 4.69) is 10.3 Å². The number of anilines is 1. The first-order chi connectivity index (χ1) is 11.0. The van der Waals surface area contributed by atoms with Crippen molar-refractivity contribution in [3.05, 3.63) is 51.5 Å². The number of hydrogen-bond donors (Lipinski definition) is 1. The van der Waals surface area contributed by atoms with E-state index in [9.17, 15) is 4.79 Å². The highest BCUT2D eigenvalue weighted by Crippen LogP contribution is 2.27. The van der Waals surface area contributed by atoms with E-state index in [0.717, 1.165) is 0 Å². The normalized spacial score (nSPS) is 10.9. The zero-order chi connectivity index (χ0) is 16.4.